The number of carbonyl (C=O) groups is 1. The Morgan fingerprint density at radius 2 is 2.38 bits per heavy atom. The second-order valence-electron chi connectivity index (χ2n) is 5.90. The van der Waals surface area contributed by atoms with Gasteiger partial charge in [-0.1, -0.05) is 6.92 Å². The molecule has 1 amide bonds. The number of aromatic nitrogens is 1. The first-order valence-corrected chi connectivity index (χ1v) is 8.33. The zero-order valence-corrected chi connectivity index (χ0v) is 13.8. The van der Waals surface area contributed by atoms with Gasteiger partial charge in [0.2, 0.25) is 5.91 Å². The zero-order valence-electron chi connectivity index (χ0n) is 12.2. The van der Waals surface area contributed by atoms with Crippen LogP contribution >= 0.6 is 15.9 Å². The third-order valence-electron chi connectivity index (χ3n) is 4.58. The van der Waals surface area contributed by atoms with E-state index >= 15 is 0 Å². The second-order valence-corrected chi connectivity index (χ2v) is 6.81. The first-order chi connectivity index (χ1) is 10.2. The fourth-order valence-electron chi connectivity index (χ4n) is 3.67. The van der Waals surface area contributed by atoms with Gasteiger partial charge in [0.15, 0.2) is 0 Å². The van der Waals surface area contributed by atoms with Crippen molar-refractivity contribution in [3.05, 3.63) is 22.8 Å². The number of likely N-dealkylation sites (tertiary alicyclic amines) is 1. The normalized spacial score (nSPS) is 28.6. The van der Waals surface area contributed by atoms with E-state index in [2.05, 4.69) is 43.4 Å². The van der Waals surface area contributed by atoms with Crippen LogP contribution in [0.1, 0.15) is 13.3 Å². The van der Waals surface area contributed by atoms with E-state index < -0.39 is 0 Å². The van der Waals surface area contributed by atoms with Crippen LogP contribution in [-0.2, 0) is 4.79 Å². The van der Waals surface area contributed by atoms with Crippen LogP contribution in [0.25, 0.3) is 0 Å². The van der Waals surface area contributed by atoms with Gasteiger partial charge < -0.3 is 10.6 Å². The van der Waals surface area contributed by atoms with Crippen molar-refractivity contribution >= 4 is 27.7 Å². The highest BCUT2D eigenvalue weighted by Crippen LogP contribution is 2.33. The first kappa shape index (κ1) is 14.9. The molecule has 0 bridgehead atoms. The van der Waals surface area contributed by atoms with Crippen LogP contribution in [0.2, 0.25) is 0 Å². The Balaban J connectivity index is 1.58. The van der Waals surface area contributed by atoms with Crippen LogP contribution in [0.5, 0.6) is 0 Å². The van der Waals surface area contributed by atoms with Gasteiger partial charge in [0.1, 0.15) is 5.82 Å². The van der Waals surface area contributed by atoms with Crippen LogP contribution in [0.3, 0.4) is 0 Å². The summed E-state index contributed by atoms with van der Waals surface area (Å²) in [5.41, 5.74) is 0. The summed E-state index contributed by atoms with van der Waals surface area (Å²) in [6, 6.07) is 4.21. The van der Waals surface area contributed by atoms with Crippen LogP contribution in [-0.4, -0.2) is 48.0 Å². The quantitative estimate of drug-likeness (QED) is 0.866. The fourth-order valence-corrected chi connectivity index (χ4v) is 3.90. The molecule has 2 saturated heterocycles. The predicted molar refractivity (Wildman–Crippen MR) is 86.1 cm³/mol. The van der Waals surface area contributed by atoms with E-state index in [4.69, 9.17) is 0 Å². The lowest BCUT2D eigenvalue weighted by atomic mass is 9.93. The van der Waals surface area contributed by atoms with Crippen molar-refractivity contribution in [3.8, 4) is 0 Å². The molecule has 1 aromatic heterocycles. The number of carbonyl (C=O) groups excluding carboxylic acids is 1. The van der Waals surface area contributed by atoms with Gasteiger partial charge in [0.05, 0.1) is 6.54 Å². The van der Waals surface area contributed by atoms with Crippen molar-refractivity contribution in [2.24, 2.45) is 11.8 Å². The third-order valence-corrected chi connectivity index (χ3v) is 5.05. The minimum atomic E-state index is 0.0243. The number of rotatable bonds is 4. The van der Waals surface area contributed by atoms with Crippen molar-refractivity contribution in [1.29, 1.82) is 0 Å². The van der Waals surface area contributed by atoms with E-state index in [0.717, 1.165) is 30.5 Å². The minimum Gasteiger partial charge on any atom is -0.316 e. The van der Waals surface area contributed by atoms with Crippen molar-refractivity contribution in [3.63, 3.8) is 0 Å². The summed E-state index contributed by atoms with van der Waals surface area (Å²) in [5.74, 6) is 2.04. The molecule has 0 saturated carbocycles. The molecule has 0 spiro atoms. The van der Waals surface area contributed by atoms with Crippen molar-refractivity contribution in [1.82, 2.24) is 15.2 Å². The highest BCUT2D eigenvalue weighted by atomic mass is 79.9. The summed E-state index contributed by atoms with van der Waals surface area (Å²) in [5, 5.41) is 6.34. The standard InChI is InChI=1S/C15H21BrN4O/c1-2-13-12-7-17-5-10(12)8-20(13)9-15(21)19-14-4-3-11(16)6-18-14/h3-4,6,10,12-13,17H,2,5,7-9H2,1H3,(H,18,19,21). The van der Waals surface area contributed by atoms with Crippen LogP contribution in [0, 0.1) is 11.8 Å². The molecule has 1 aromatic rings. The van der Waals surface area contributed by atoms with Gasteiger partial charge in [-0.2, -0.15) is 0 Å². The molecular weight excluding hydrogens is 332 g/mol. The molecule has 3 unspecified atom stereocenters. The molecule has 2 aliphatic heterocycles. The van der Waals surface area contributed by atoms with Crippen LogP contribution in [0.4, 0.5) is 5.82 Å². The number of hydrogen-bond donors (Lipinski definition) is 2. The van der Waals surface area contributed by atoms with Crippen molar-refractivity contribution in [2.75, 3.05) is 31.5 Å². The van der Waals surface area contributed by atoms with Gasteiger partial charge in [0.25, 0.3) is 0 Å². The molecular formula is C15H21BrN4O. The van der Waals surface area contributed by atoms with Gasteiger partial charge in [-0.05, 0) is 59.4 Å². The van der Waals surface area contributed by atoms with Gasteiger partial charge in [-0.3, -0.25) is 9.69 Å². The number of fused-ring (bicyclic) bond motifs is 1. The van der Waals surface area contributed by atoms with Gasteiger partial charge in [0, 0.05) is 23.3 Å². The molecule has 21 heavy (non-hydrogen) atoms. The molecule has 3 atom stereocenters. The molecule has 5 nitrogen and oxygen atoms in total. The number of amides is 1. The maximum atomic E-state index is 12.2. The second kappa shape index (κ2) is 6.42. The van der Waals surface area contributed by atoms with Crippen molar-refractivity contribution < 1.29 is 4.79 Å². The average molecular weight is 353 g/mol. The predicted octanol–water partition coefficient (Wildman–Crippen LogP) is 1.71. The van der Waals surface area contributed by atoms with E-state index in [9.17, 15) is 4.79 Å². The molecule has 0 aromatic carbocycles. The molecule has 2 aliphatic rings. The minimum absolute atomic E-state index is 0.0243. The molecule has 2 N–H and O–H groups in total. The lowest BCUT2D eigenvalue weighted by molar-refractivity contribution is -0.117. The Bertz CT molecular complexity index is 507. The molecule has 0 radical (unpaired) electrons. The Morgan fingerprint density at radius 1 is 1.52 bits per heavy atom. The average Bonchev–Trinajstić information content (AvgIpc) is 3.01. The SMILES string of the molecule is CCC1C2CNCC2CN1CC(=O)Nc1ccc(Br)cn1. The maximum absolute atomic E-state index is 12.2. The number of halogens is 1. The van der Waals surface area contributed by atoms with E-state index in [1.807, 2.05) is 12.1 Å². The number of nitrogens with zero attached hydrogens (tertiary/aromatic N) is 2. The first-order valence-electron chi connectivity index (χ1n) is 7.53. The van der Waals surface area contributed by atoms with Crippen molar-refractivity contribution in [2.45, 2.75) is 19.4 Å². The largest absolute Gasteiger partial charge is 0.316 e. The number of nitrogens with one attached hydrogen (secondary N) is 2. The Labute approximate surface area is 133 Å². The molecule has 114 valence electrons. The topological polar surface area (TPSA) is 57.3 Å². The smallest absolute Gasteiger partial charge is 0.239 e. The molecule has 2 fully saturated rings. The fraction of sp³-hybridized carbons (Fsp3) is 0.600. The monoisotopic (exact) mass is 352 g/mol. The van der Waals surface area contributed by atoms with Gasteiger partial charge in [-0.25, -0.2) is 4.98 Å². The summed E-state index contributed by atoms with van der Waals surface area (Å²) in [4.78, 5) is 18.7. The summed E-state index contributed by atoms with van der Waals surface area (Å²) in [6.07, 6.45) is 2.79. The van der Waals surface area contributed by atoms with Crippen LogP contribution in [0.15, 0.2) is 22.8 Å². The summed E-state index contributed by atoms with van der Waals surface area (Å²) in [6.45, 7) is 5.89. The third kappa shape index (κ3) is 3.27. The van der Waals surface area contributed by atoms with Gasteiger partial charge in [-0.15, -0.1) is 0 Å². The highest BCUT2D eigenvalue weighted by Gasteiger charge is 2.43. The van der Waals surface area contributed by atoms with E-state index in [-0.39, 0.29) is 5.91 Å². The Kier molecular flexibility index (Phi) is 4.57. The molecule has 0 aliphatic carbocycles. The summed E-state index contributed by atoms with van der Waals surface area (Å²) in [7, 11) is 0. The zero-order chi connectivity index (χ0) is 14.8. The van der Waals surface area contributed by atoms with E-state index in [1.54, 1.807) is 6.20 Å². The number of anilines is 1. The summed E-state index contributed by atoms with van der Waals surface area (Å²) >= 11 is 3.34. The number of pyridine rings is 1. The van der Waals surface area contributed by atoms with E-state index in [0.29, 0.717) is 30.2 Å². The molecule has 3 rings (SSSR count). The lowest BCUT2D eigenvalue weighted by Crippen LogP contribution is -2.40. The Hall–Kier alpha value is -0.980. The molecule has 6 heteroatoms. The summed E-state index contributed by atoms with van der Waals surface area (Å²) < 4.78 is 0.909. The lowest BCUT2D eigenvalue weighted by Gasteiger charge is -2.26. The van der Waals surface area contributed by atoms with Gasteiger partial charge >= 0.3 is 0 Å². The van der Waals surface area contributed by atoms with Crippen LogP contribution < -0.4 is 10.6 Å². The maximum Gasteiger partial charge on any atom is 0.239 e. The molecule has 3 heterocycles. The number of hydrogen-bond acceptors (Lipinski definition) is 4. The Morgan fingerprint density at radius 3 is 3.10 bits per heavy atom. The highest BCUT2D eigenvalue weighted by molar-refractivity contribution is 9.10. The van der Waals surface area contributed by atoms with E-state index in [1.165, 1.54) is 0 Å².